The van der Waals surface area contributed by atoms with Gasteiger partial charge >= 0.3 is 0 Å². The zero-order valence-corrected chi connectivity index (χ0v) is 11.8. The second kappa shape index (κ2) is 4.32. The van der Waals surface area contributed by atoms with Crippen LogP contribution in [0.25, 0.3) is 22.4 Å². The lowest BCUT2D eigenvalue weighted by Crippen LogP contribution is -1.98. The smallest absolute Gasteiger partial charge is 0.151 e. The minimum atomic E-state index is -0.264. The van der Waals surface area contributed by atoms with Crippen LogP contribution in [-0.2, 0) is 0 Å². The molecule has 4 heteroatoms. The van der Waals surface area contributed by atoms with Gasteiger partial charge in [-0.15, -0.1) is 0 Å². The fourth-order valence-electron chi connectivity index (χ4n) is 2.80. The number of hydrogen-bond donors (Lipinski definition) is 1. The number of nitrogens with two attached hydrogens (primary N) is 1. The second-order valence-corrected chi connectivity index (χ2v) is 5.72. The molecule has 1 fully saturated rings. The van der Waals surface area contributed by atoms with Gasteiger partial charge in [-0.25, -0.2) is 9.37 Å². The highest BCUT2D eigenvalue weighted by atomic mass is 19.1. The standard InChI is InChI=1S/C17H16FN3/c1-10-9-11(5-8-14(10)19)17-20-16-13(18)3-2-4-15(16)21(17)12-6-7-12/h2-5,8-9,12H,6-7,19H2,1H3. The lowest BCUT2D eigenvalue weighted by molar-refractivity contribution is 0.637. The third kappa shape index (κ3) is 1.90. The molecule has 4 rings (SSSR count). The Bertz CT molecular complexity index is 847. The number of imidazole rings is 1. The van der Waals surface area contributed by atoms with Crippen LogP contribution >= 0.6 is 0 Å². The Balaban J connectivity index is 2.01. The Hall–Kier alpha value is -2.36. The quantitative estimate of drug-likeness (QED) is 0.720. The normalized spacial score (nSPS) is 14.8. The average molecular weight is 281 g/mol. The Kier molecular flexibility index (Phi) is 2.55. The lowest BCUT2D eigenvalue weighted by atomic mass is 10.1. The van der Waals surface area contributed by atoms with E-state index in [1.807, 2.05) is 31.2 Å². The van der Waals surface area contributed by atoms with Gasteiger partial charge in [0.15, 0.2) is 5.82 Å². The van der Waals surface area contributed by atoms with Crippen LogP contribution in [0.4, 0.5) is 10.1 Å². The van der Waals surface area contributed by atoms with Crippen LogP contribution in [0.2, 0.25) is 0 Å². The van der Waals surface area contributed by atoms with Gasteiger partial charge in [0.1, 0.15) is 11.3 Å². The number of benzene rings is 2. The highest BCUT2D eigenvalue weighted by Crippen LogP contribution is 2.41. The Labute approximate surface area is 122 Å². The van der Waals surface area contributed by atoms with E-state index in [-0.39, 0.29) is 5.82 Å². The van der Waals surface area contributed by atoms with Gasteiger partial charge in [0.25, 0.3) is 0 Å². The summed E-state index contributed by atoms with van der Waals surface area (Å²) in [5, 5.41) is 0. The van der Waals surface area contributed by atoms with Crippen molar-refractivity contribution >= 4 is 16.7 Å². The largest absolute Gasteiger partial charge is 0.399 e. The van der Waals surface area contributed by atoms with E-state index in [1.165, 1.54) is 6.07 Å². The van der Waals surface area contributed by atoms with Crippen LogP contribution in [0.3, 0.4) is 0 Å². The molecule has 0 spiro atoms. The molecule has 0 bridgehead atoms. The van der Waals surface area contributed by atoms with E-state index < -0.39 is 0 Å². The predicted octanol–water partition coefficient (Wildman–Crippen LogP) is 4.07. The number of nitrogens with zero attached hydrogens (tertiary/aromatic N) is 2. The van der Waals surface area contributed by atoms with Crippen LogP contribution in [0.15, 0.2) is 36.4 Å². The molecule has 0 radical (unpaired) electrons. The van der Waals surface area contributed by atoms with Crippen LogP contribution < -0.4 is 5.73 Å². The molecule has 2 N–H and O–H groups in total. The third-order valence-corrected chi connectivity index (χ3v) is 4.11. The maximum Gasteiger partial charge on any atom is 0.151 e. The van der Waals surface area contributed by atoms with E-state index in [9.17, 15) is 4.39 Å². The second-order valence-electron chi connectivity index (χ2n) is 5.72. The molecule has 0 saturated heterocycles. The van der Waals surface area contributed by atoms with Crippen molar-refractivity contribution in [2.75, 3.05) is 5.73 Å². The molecule has 3 nitrogen and oxygen atoms in total. The van der Waals surface area contributed by atoms with Gasteiger partial charge in [-0.1, -0.05) is 6.07 Å². The van der Waals surface area contributed by atoms with Crippen molar-refractivity contribution in [1.82, 2.24) is 9.55 Å². The number of fused-ring (bicyclic) bond motifs is 1. The maximum atomic E-state index is 14.0. The molecule has 0 atom stereocenters. The summed E-state index contributed by atoms with van der Waals surface area (Å²) in [7, 11) is 0. The Morgan fingerprint density at radius 3 is 2.76 bits per heavy atom. The molecular weight excluding hydrogens is 265 g/mol. The molecule has 21 heavy (non-hydrogen) atoms. The van der Waals surface area contributed by atoms with E-state index >= 15 is 0 Å². The zero-order valence-electron chi connectivity index (χ0n) is 11.8. The summed E-state index contributed by atoms with van der Waals surface area (Å²) in [6.45, 7) is 1.98. The summed E-state index contributed by atoms with van der Waals surface area (Å²) in [4.78, 5) is 4.56. The van der Waals surface area contributed by atoms with E-state index in [1.54, 1.807) is 6.07 Å². The molecule has 1 aliphatic carbocycles. The molecule has 1 aromatic heterocycles. The molecule has 2 aromatic carbocycles. The molecule has 0 aliphatic heterocycles. The summed E-state index contributed by atoms with van der Waals surface area (Å²) in [6.07, 6.45) is 2.26. The molecule has 0 amide bonds. The van der Waals surface area contributed by atoms with Gasteiger partial charge in [0.2, 0.25) is 0 Å². The number of aromatic nitrogens is 2. The van der Waals surface area contributed by atoms with Gasteiger partial charge in [0, 0.05) is 17.3 Å². The monoisotopic (exact) mass is 281 g/mol. The highest BCUT2D eigenvalue weighted by molar-refractivity contribution is 5.82. The van der Waals surface area contributed by atoms with E-state index in [0.717, 1.165) is 41.0 Å². The summed E-state index contributed by atoms with van der Waals surface area (Å²) in [5.41, 5.74) is 9.99. The maximum absolute atomic E-state index is 14.0. The lowest BCUT2D eigenvalue weighted by Gasteiger charge is -2.09. The van der Waals surface area contributed by atoms with Gasteiger partial charge < -0.3 is 10.3 Å². The number of aryl methyl sites for hydroxylation is 1. The molecule has 3 aromatic rings. The number of halogens is 1. The Morgan fingerprint density at radius 1 is 1.24 bits per heavy atom. The zero-order chi connectivity index (χ0) is 14.6. The molecule has 1 aliphatic rings. The summed E-state index contributed by atoms with van der Waals surface area (Å²) >= 11 is 0. The first-order valence-corrected chi connectivity index (χ1v) is 7.18. The molecular formula is C17H16FN3. The van der Waals surface area contributed by atoms with Crippen molar-refractivity contribution in [3.63, 3.8) is 0 Å². The van der Waals surface area contributed by atoms with Crippen molar-refractivity contribution in [3.05, 3.63) is 47.8 Å². The first-order valence-electron chi connectivity index (χ1n) is 7.18. The molecule has 0 unspecified atom stereocenters. The SMILES string of the molecule is Cc1cc(-c2nc3c(F)cccc3n2C2CC2)ccc1N. The molecule has 1 saturated carbocycles. The number of anilines is 1. The number of hydrogen-bond acceptors (Lipinski definition) is 2. The van der Waals surface area contributed by atoms with Crippen LogP contribution in [0.1, 0.15) is 24.4 Å². The van der Waals surface area contributed by atoms with Crippen molar-refractivity contribution in [2.45, 2.75) is 25.8 Å². The number of para-hydroxylation sites is 1. The van der Waals surface area contributed by atoms with Gasteiger partial charge in [0.05, 0.1) is 5.52 Å². The fraction of sp³-hybridized carbons (Fsp3) is 0.235. The van der Waals surface area contributed by atoms with Gasteiger partial charge in [-0.3, -0.25) is 0 Å². The first kappa shape index (κ1) is 12.4. The number of nitrogen functional groups attached to an aromatic ring is 1. The molecule has 106 valence electrons. The van der Waals surface area contributed by atoms with Crippen molar-refractivity contribution in [3.8, 4) is 11.4 Å². The summed E-state index contributed by atoms with van der Waals surface area (Å²) in [6, 6.07) is 11.5. The first-order chi connectivity index (χ1) is 10.1. The number of rotatable bonds is 2. The average Bonchev–Trinajstić information content (AvgIpc) is 3.22. The minimum absolute atomic E-state index is 0.264. The van der Waals surface area contributed by atoms with Crippen molar-refractivity contribution in [1.29, 1.82) is 0 Å². The summed E-state index contributed by atoms with van der Waals surface area (Å²) < 4.78 is 16.2. The third-order valence-electron chi connectivity index (χ3n) is 4.11. The van der Waals surface area contributed by atoms with Gasteiger partial charge in [-0.2, -0.15) is 0 Å². The fourth-order valence-corrected chi connectivity index (χ4v) is 2.80. The van der Waals surface area contributed by atoms with Crippen LogP contribution in [-0.4, -0.2) is 9.55 Å². The topological polar surface area (TPSA) is 43.8 Å². The van der Waals surface area contributed by atoms with Crippen molar-refractivity contribution < 1.29 is 4.39 Å². The Morgan fingerprint density at radius 2 is 2.05 bits per heavy atom. The predicted molar refractivity (Wildman–Crippen MR) is 82.5 cm³/mol. The van der Waals surface area contributed by atoms with Gasteiger partial charge in [-0.05, 0) is 55.7 Å². The van der Waals surface area contributed by atoms with E-state index in [4.69, 9.17) is 5.73 Å². The minimum Gasteiger partial charge on any atom is -0.399 e. The van der Waals surface area contributed by atoms with Crippen molar-refractivity contribution in [2.24, 2.45) is 0 Å². The van der Waals surface area contributed by atoms with Crippen LogP contribution in [0.5, 0.6) is 0 Å². The van der Waals surface area contributed by atoms with Crippen LogP contribution in [0, 0.1) is 12.7 Å². The van der Waals surface area contributed by atoms with E-state index in [0.29, 0.717) is 11.6 Å². The molecule has 1 heterocycles. The highest BCUT2D eigenvalue weighted by Gasteiger charge is 2.29. The van der Waals surface area contributed by atoms with E-state index in [2.05, 4.69) is 9.55 Å². The summed E-state index contributed by atoms with van der Waals surface area (Å²) in [5.74, 6) is 0.570.